The van der Waals surface area contributed by atoms with E-state index in [0.29, 0.717) is 18.4 Å². The average Bonchev–Trinajstić information content (AvgIpc) is 2.62. The minimum Gasteiger partial charge on any atom is -0.466 e. The van der Waals surface area contributed by atoms with Crippen molar-refractivity contribution in [3.63, 3.8) is 0 Å². The number of carbonyl (C=O) groups is 1. The number of unbranched alkanes of at least 4 members (excludes halogenated alkanes) is 6. The summed E-state index contributed by atoms with van der Waals surface area (Å²) in [5, 5.41) is 0. The number of hydrogen-bond donors (Lipinski definition) is 1. The molecule has 0 aromatic heterocycles. The van der Waals surface area contributed by atoms with E-state index < -0.39 is 0 Å². The predicted molar refractivity (Wildman–Crippen MR) is 120 cm³/mol. The highest BCUT2D eigenvalue weighted by Gasteiger charge is 2.26. The summed E-state index contributed by atoms with van der Waals surface area (Å²) in [6, 6.07) is 0. The highest BCUT2D eigenvalue weighted by molar-refractivity contribution is 5.69. The van der Waals surface area contributed by atoms with E-state index in [4.69, 9.17) is 4.74 Å². The SMILES string of the molecule is C=CCCCCCCCCC(=O)OCCCC(CCC)(CCC)CCC.N. The fourth-order valence-electron chi connectivity index (χ4n) is 4.31. The molecule has 0 aromatic carbocycles. The Bertz CT molecular complexity index is 324. The van der Waals surface area contributed by atoms with E-state index in [2.05, 4.69) is 27.4 Å². The quantitative estimate of drug-likeness (QED) is 0.139. The van der Waals surface area contributed by atoms with Gasteiger partial charge in [-0.1, -0.05) is 71.8 Å². The molecule has 0 saturated carbocycles. The molecule has 0 aliphatic rings. The van der Waals surface area contributed by atoms with Gasteiger partial charge in [0, 0.05) is 6.42 Å². The molecule has 0 unspecified atom stereocenters. The van der Waals surface area contributed by atoms with Gasteiger partial charge in [0.15, 0.2) is 0 Å². The van der Waals surface area contributed by atoms with E-state index in [-0.39, 0.29) is 12.1 Å². The minimum atomic E-state index is 0. The minimum absolute atomic E-state index is 0. The molecule has 0 aliphatic carbocycles. The molecule has 0 atom stereocenters. The maximum atomic E-state index is 11.9. The fourth-order valence-corrected chi connectivity index (χ4v) is 4.31. The van der Waals surface area contributed by atoms with Crippen LogP contribution in [0.5, 0.6) is 0 Å². The zero-order valence-electron chi connectivity index (χ0n) is 18.8. The van der Waals surface area contributed by atoms with Gasteiger partial charge < -0.3 is 10.9 Å². The van der Waals surface area contributed by atoms with Crippen molar-refractivity contribution in [2.75, 3.05) is 6.61 Å². The summed E-state index contributed by atoms with van der Waals surface area (Å²) in [6.45, 7) is 11.2. The molecule has 0 amide bonds. The van der Waals surface area contributed by atoms with Crippen LogP contribution >= 0.6 is 0 Å². The van der Waals surface area contributed by atoms with Crippen molar-refractivity contribution in [1.82, 2.24) is 6.15 Å². The highest BCUT2D eigenvalue weighted by atomic mass is 16.5. The van der Waals surface area contributed by atoms with Crippen LogP contribution in [0.1, 0.15) is 124 Å². The third-order valence-corrected chi connectivity index (χ3v) is 5.49. The standard InChI is InChI=1S/C24H46O2.H3N/c1-5-9-10-11-12-13-14-15-17-23(25)26-22-16-21-24(18-6-2,19-7-3)20-8-4;/h5H,1,6-22H2,2-4H3;1H3. The second-order valence-electron chi connectivity index (χ2n) is 8.02. The summed E-state index contributed by atoms with van der Waals surface area (Å²) in [6.07, 6.45) is 20.8. The summed E-state index contributed by atoms with van der Waals surface area (Å²) < 4.78 is 5.48. The van der Waals surface area contributed by atoms with E-state index in [0.717, 1.165) is 25.7 Å². The molecule has 0 rings (SSSR count). The van der Waals surface area contributed by atoms with Crippen LogP contribution < -0.4 is 6.15 Å². The Morgan fingerprint density at radius 1 is 0.815 bits per heavy atom. The molecular weight excluding hydrogens is 334 g/mol. The van der Waals surface area contributed by atoms with E-state index in [1.54, 1.807) is 0 Å². The van der Waals surface area contributed by atoms with Gasteiger partial charge in [0.1, 0.15) is 0 Å². The van der Waals surface area contributed by atoms with Crippen LogP contribution in [0, 0.1) is 5.41 Å². The lowest BCUT2D eigenvalue weighted by Gasteiger charge is -2.33. The summed E-state index contributed by atoms with van der Waals surface area (Å²) in [5.41, 5.74) is 0.482. The van der Waals surface area contributed by atoms with E-state index in [1.165, 1.54) is 70.6 Å². The van der Waals surface area contributed by atoms with Gasteiger partial charge in [-0.3, -0.25) is 4.79 Å². The van der Waals surface area contributed by atoms with Crippen LogP contribution in [-0.2, 0) is 9.53 Å². The maximum absolute atomic E-state index is 11.9. The first kappa shape index (κ1) is 28.4. The van der Waals surface area contributed by atoms with Crippen molar-refractivity contribution in [3.05, 3.63) is 12.7 Å². The largest absolute Gasteiger partial charge is 0.466 e. The molecule has 3 N–H and O–H groups in total. The molecule has 0 radical (unpaired) electrons. The molecule has 3 heteroatoms. The predicted octanol–water partition coefficient (Wildman–Crippen LogP) is 8.17. The van der Waals surface area contributed by atoms with E-state index in [1.807, 2.05) is 6.08 Å². The van der Waals surface area contributed by atoms with Crippen LogP contribution in [0.3, 0.4) is 0 Å². The molecule has 27 heavy (non-hydrogen) atoms. The Labute approximate surface area is 170 Å². The molecule has 0 aromatic rings. The topological polar surface area (TPSA) is 61.3 Å². The van der Waals surface area contributed by atoms with Crippen molar-refractivity contribution in [2.45, 2.75) is 124 Å². The van der Waals surface area contributed by atoms with Gasteiger partial charge in [0.25, 0.3) is 0 Å². The number of allylic oxidation sites excluding steroid dienone is 1. The second-order valence-corrected chi connectivity index (χ2v) is 8.02. The smallest absolute Gasteiger partial charge is 0.305 e. The summed E-state index contributed by atoms with van der Waals surface area (Å²) in [4.78, 5) is 11.9. The van der Waals surface area contributed by atoms with Crippen LogP contribution in [0.2, 0.25) is 0 Å². The van der Waals surface area contributed by atoms with Crippen molar-refractivity contribution in [1.29, 1.82) is 0 Å². The molecule has 0 spiro atoms. The number of ether oxygens (including phenoxy) is 1. The van der Waals surface area contributed by atoms with Gasteiger partial charge in [-0.05, 0) is 56.8 Å². The zero-order chi connectivity index (χ0) is 19.5. The average molecular weight is 384 g/mol. The summed E-state index contributed by atoms with van der Waals surface area (Å²) in [7, 11) is 0. The normalized spacial score (nSPS) is 11.1. The Morgan fingerprint density at radius 3 is 1.85 bits per heavy atom. The Morgan fingerprint density at radius 2 is 1.33 bits per heavy atom. The molecule has 0 bridgehead atoms. The Hall–Kier alpha value is -0.830. The molecule has 0 fully saturated rings. The summed E-state index contributed by atoms with van der Waals surface area (Å²) >= 11 is 0. The molecule has 3 nitrogen and oxygen atoms in total. The third kappa shape index (κ3) is 15.9. The van der Waals surface area contributed by atoms with Crippen LogP contribution in [0.25, 0.3) is 0 Å². The molecule has 162 valence electrons. The van der Waals surface area contributed by atoms with Crippen molar-refractivity contribution in [3.8, 4) is 0 Å². The first-order valence-electron chi connectivity index (χ1n) is 11.4. The number of esters is 1. The Kier molecular flexibility index (Phi) is 20.9. The van der Waals surface area contributed by atoms with Crippen LogP contribution in [0.15, 0.2) is 12.7 Å². The lowest BCUT2D eigenvalue weighted by molar-refractivity contribution is -0.144. The van der Waals surface area contributed by atoms with E-state index >= 15 is 0 Å². The lowest BCUT2D eigenvalue weighted by atomic mass is 9.72. The maximum Gasteiger partial charge on any atom is 0.305 e. The van der Waals surface area contributed by atoms with Gasteiger partial charge in [-0.2, -0.15) is 0 Å². The van der Waals surface area contributed by atoms with Gasteiger partial charge in [0.05, 0.1) is 6.61 Å². The lowest BCUT2D eigenvalue weighted by Crippen LogP contribution is -2.21. The van der Waals surface area contributed by atoms with E-state index in [9.17, 15) is 4.79 Å². The summed E-state index contributed by atoms with van der Waals surface area (Å²) in [5.74, 6) is 0.00346. The molecule has 0 aliphatic heterocycles. The first-order chi connectivity index (χ1) is 12.6. The fraction of sp³-hybridized carbons (Fsp3) is 0.875. The van der Waals surface area contributed by atoms with Gasteiger partial charge in [-0.25, -0.2) is 0 Å². The van der Waals surface area contributed by atoms with Crippen LogP contribution in [-0.4, -0.2) is 12.6 Å². The van der Waals surface area contributed by atoms with Crippen molar-refractivity contribution >= 4 is 5.97 Å². The third-order valence-electron chi connectivity index (χ3n) is 5.49. The number of rotatable bonds is 19. The van der Waals surface area contributed by atoms with Gasteiger partial charge in [0.2, 0.25) is 0 Å². The highest BCUT2D eigenvalue weighted by Crippen LogP contribution is 2.39. The first-order valence-corrected chi connectivity index (χ1v) is 11.4. The number of hydrogen-bond acceptors (Lipinski definition) is 3. The monoisotopic (exact) mass is 383 g/mol. The Balaban J connectivity index is 0. The number of carbonyl (C=O) groups excluding carboxylic acids is 1. The van der Waals surface area contributed by atoms with Crippen molar-refractivity contribution in [2.24, 2.45) is 5.41 Å². The van der Waals surface area contributed by atoms with Gasteiger partial charge in [-0.15, -0.1) is 6.58 Å². The molecule has 0 saturated heterocycles. The van der Waals surface area contributed by atoms with Crippen LogP contribution in [0.4, 0.5) is 0 Å². The van der Waals surface area contributed by atoms with Gasteiger partial charge >= 0.3 is 5.97 Å². The molecule has 0 heterocycles. The van der Waals surface area contributed by atoms with Crippen molar-refractivity contribution < 1.29 is 9.53 Å². The zero-order valence-corrected chi connectivity index (χ0v) is 18.8. The molecular formula is C24H49NO2. The second kappa shape index (κ2) is 19.9.